The molecule has 0 bridgehead atoms. The van der Waals surface area contributed by atoms with Crippen molar-refractivity contribution in [1.29, 1.82) is 0 Å². The number of nitrogens with zero attached hydrogens (tertiary/aromatic N) is 1. The van der Waals surface area contributed by atoms with Gasteiger partial charge in [-0.05, 0) is 109 Å². The van der Waals surface area contributed by atoms with Crippen molar-refractivity contribution in [2.24, 2.45) is 0 Å². The maximum atomic E-state index is 10.3. The van der Waals surface area contributed by atoms with Gasteiger partial charge in [0, 0.05) is 17.9 Å². The summed E-state index contributed by atoms with van der Waals surface area (Å²) in [5.41, 5.74) is 6.33. The van der Waals surface area contributed by atoms with Gasteiger partial charge >= 0.3 is 0 Å². The van der Waals surface area contributed by atoms with E-state index in [0.29, 0.717) is 11.5 Å². The first kappa shape index (κ1) is 21.5. The Kier molecular flexibility index (Phi) is 5.49. The number of benzene rings is 3. The lowest BCUT2D eigenvalue weighted by Crippen LogP contribution is -2.33. The standard InChI is InChI=1S/C30H33NO3/c32-23-6-10-28-22(18-23)12-13-30(28)20-27(26-19-24(33)7-11-29(26)30)21-4-8-25(9-5-21)34-17-16-31-14-2-1-3-15-31/h4-11,18-19,27,32-33H,1-3,12-17,20H2. The van der Waals surface area contributed by atoms with Crippen LogP contribution in [0.3, 0.4) is 0 Å². The molecule has 2 N–H and O–H groups in total. The van der Waals surface area contributed by atoms with Crippen LogP contribution in [0.2, 0.25) is 0 Å². The first-order chi connectivity index (χ1) is 16.6. The third-order valence-electron chi connectivity index (χ3n) is 8.31. The molecule has 34 heavy (non-hydrogen) atoms. The molecule has 2 unspecified atom stereocenters. The molecule has 0 radical (unpaired) electrons. The van der Waals surface area contributed by atoms with E-state index in [-0.39, 0.29) is 11.3 Å². The second-order valence-corrected chi connectivity index (χ2v) is 10.3. The van der Waals surface area contributed by atoms with Crippen molar-refractivity contribution < 1.29 is 14.9 Å². The van der Waals surface area contributed by atoms with Gasteiger partial charge in [-0.2, -0.15) is 0 Å². The summed E-state index contributed by atoms with van der Waals surface area (Å²) in [7, 11) is 0. The molecule has 2 atom stereocenters. The number of aromatic hydroxyl groups is 2. The van der Waals surface area contributed by atoms with Crippen LogP contribution < -0.4 is 4.74 Å². The second kappa shape index (κ2) is 8.66. The SMILES string of the molecule is Oc1ccc2c(c1)CCC21CC(c2ccc(OCCN3CCCCC3)cc2)c2cc(O)ccc21. The Morgan fingerprint density at radius 2 is 1.59 bits per heavy atom. The molecule has 3 aromatic carbocycles. The fourth-order valence-corrected chi connectivity index (χ4v) is 6.64. The summed E-state index contributed by atoms with van der Waals surface area (Å²) in [5, 5.41) is 20.3. The van der Waals surface area contributed by atoms with Gasteiger partial charge in [-0.25, -0.2) is 0 Å². The Labute approximate surface area is 201 Å². The maximum Gasteiger partial charge on any atom is 0.119 e. The highest BCUT2D eigenvalue weighted by atomic mass is 16.5. The molecule has 1 fully saturated rings. The third-order valence-corrected chi connectivity index (χ3v) is 8.31. The number of phenolic OH excluding ortho intramolecular Hbond substituents is 2. The van der Waals surface area contributed by atoms with Gasteiger partial charge in [-0.15, -0.1) is 0 Å². The summed E-state index contributed by atoms with van der Waals surface area (Å²) in [6.07, 6.45) is 6.97. The van der Waals surface area contributed by atoms with Gasteiger partial charge in [0.1, 0.15) is 23.9 Å². The zero-order chi connectivity index (χ0) is 23.1. The summed E-state index contributed by atoms with van der Waals surface area (Å²) in [6, 6.07) is 20.3. The Morgan fingerprint density at radius 3 is 2.38 bits per heavy atom. The molecule has 1 saturated heterocycles. The smallest absolute Gasteiger partial charge is 0.119 e. The van der Waals surface area contributed by atoms with E-state index in [1.54, 1.807) is 0 Å². The molecule has 176 valence electrons. The van der Waals surface area contributed by atoms with Gasteiger partial charge in [0.25, 0.3) is 0 Å². The van der Waals surface area contributed by atoms with E-state index in [4.69, 9.17) is 4.74 Å². The summed E-state index contributed by atoms with van der Waals surface area (Å²) in [6.45, 7) is 4.11. The number of rotatable bonds is 5. The highest BCUT2D eigenvalue weighted by Gasteiger charge is 2.48. The predicted octanol–water partition coefficient (Wildman–Crippen LogP) is 5.73. The lowest BCUT2D eigenvalue weighted by Gasteiger charge is -2.27. The number of hydrogen-bond donors (Lipinski definition) is 2. The van der Waals surface area contributed by atoms with Crippen molar-refractivity contribution in [2.45, 2.75) is 49.9 Å². The van der Waals surface area contributed by atoms with Gasteiger partial charge in [-0.1, -0.05) is 30.7 Å². The van der Waals surface area contributed by atoms with Crippen molar-refractivity contribution in [1.82, 2.24) is 4.90 Å². The number of ether oxygens (including phenoxy) is 1. The van der Waals surface area contributed by atoms with Gasteiger partial charge in [0.05, 0.1) is 0 Å². The topological polar surface area (TPSA) is 52.9 Å². The van der Waals surface area contributed by atoms with Crippen molar-refractivity contribution in [3.63, 3.8) is 0 Å². The van der Waals surface area contributed by atoms with E-state index in [1.807, 2.05) is 24.3 Å². The minimum Gasteiger partial charge on any atom is -0.508 e. The van der Waals surface area contributed by atoms with Gasteiger partial charge in [0.2, 0.25) is 0 Å². The molecule has 2 aliphatic carbocycles. The number of aryl methyl sites for hydroxylation is 1. The molecule has 0 saturated carbocycles. The van der Waals surface area contributed by atoms with E-state index in [9.17, 15) is 10.2 Å². The summed E-state index contributed by atoms with van der Waals surface area (Å²) < 4.78 is 6.06. The fraction of sp³-hybridized carbons (Fsp3) is 0.400. The van der Waals surface area contributed by atoms with E-state index in [2.05, 4.69) is 41.3 Å². The van der Waals surface area contributed by atoms with Crippen LogP contribution >= 0.6 is 0 Å². The van der Waals surface area contributed by atoms with Crippen LogP contribution in [-0.4, -0.2) is 41.4 Å². The summed E-state index contributed by atoms with van der Waals surface area (Å²) >= 11 is 0. The second-order valence-electron chi connectivity index (χ2n) is 10.3. The number of likely N-dealkylation sites (tertiary alicyclic amines) is 1. The van der Waals surface area contributed by atoms with Gasteiger partial charge in [-0.3, -0.25) is 4.90 Å². The van der Waals surface area contributed by atoms with Crippen molar-refractivity contribution in [3.05, 3.63) is 88.5 Å². The Balaban J connectivity index is 1.24. The van der Waals surface area contributed by atoms with Gasteiger partial charge < -0.3 is 14.9 Å². The summed E-state index contributed by atoms with van der Waals surface area (Å²) in [4.78, 5) is 2.50. The number of hydrogen-bond acceptors (Lipinski definition) is 4. The van der Waals surface area contributed by atoms with E-state index in [0.717, 1.165) is 38.2 Å². The molecular formula is C30H33NO3. The maximum absolute atomic E-state index is 10.3. The Hall–Kier alpha value is -2.98. The largest absolute Gasteiger partial charge is 0.508 e. The monoisotopic (exact) mass is 455 g/mol. The number of phenols is 2. The first-order valence-electron chi connectivity index (χ1n) is 12.7. The highest BCUT2D eigenvalue weighted by Crippen LogP contribution is 2.58. The van der Waals surface area contributed by atoms with Crippen molar-refractivity contribution >= 4 is 0 Å². The molecule has 0 amide bonds. The quantitative estimate of drug-likeness (QED) is 0.516. The average molecular weight is 456 g/mol. The van der Waals surface area contributed by atoms with Crippen LogP contribution in [0.25, 0.3) is 0 Å². The first-order valence-corrected chi connectivity index (χ1v) is 12.7. The van der Waals surface area contributed by atoms with Crippen LogP contribution in [0.4, 0.5) is 0 Å². The molecular weight excluding hydrogens is 422 g/mol. The summed E-state index contributed by atoms with van der Waals surface area (Å²) in [5.74, 6) is 1.81. The molecule has 6 rings (SSSR count). The van der Waals surface area contributed by atoms with Crippen LogP contribution in [0.5, 0.6) is 17.2 Å². The molecule has 3 aliphatic rings. The molecule has 3 aromatic rings. The lowest BCUT2D eigenvalue weighted by molar-refractivity contribution is 0.183. The zero-order valence-electron chi connectivity index (χ0n) is 19.7. The average Bonchev–Trinajstić information content (AvgIpc) is 3.38. The molecule has 1 spiro atoms. The number of fused-ring (bicyclic) bond motifs is 4. The van der Waals surface area contributed by atoms with Crippen LogP contribution in [-0.2, 0) is 11.8 Å². The van der Waals surface area contributed by atoms with E-state index >= 15 is 0 Å². The van der Waals surface area contributed by atoms with Crippen molar-refractivity contribution in [3.8, 4) is 17.2 Å². The van der Waals surface area contributed by atoms with Crippen molar-refractivity contribution in [2.75, 3.05) is 26.2 Å². The van der Waals surface area contributed by atoms with Gasteiger partial charge in [0.15, 0.2) is 0 Å². The normalized spacial score (nSPS) is 23.7. The molecule has 4 heteroatoms. The fourth-order valence-electron chi connectivity index (χ4n) is 6.64. The molecule has 1 heterocycles. The van der Waals surface area contributed by atoms with Crippen LogP contribution in [0, 0.1) is 0 Å². The molecule has 4 nitrogen and oxygen atoms in total. The van der Waals surface area contributed by atoms with E-state index in [1.165, 1.54) is 60.2 Å². The third kappa shape index (κ3) is 3.74. The Morgan fingerprint density at radius 1 is 0.853 bits per heavy atom. The zero-order valence-corrected chi connectivity index (χ0v) is 19.7. The molecule has 0 aromatic heterocycles. The van der Waals surface area contributed by atoms with Crippen LogP contribution in [0.1, 0.15) is 65.8 Å². The van der Waals surface area contributed by atoms with Crippen LogP contribution in [0.15, 0.2) is 60.7 Å². The lowest BCUT2D eigenvalue weighted by atomic mass is 9.76. The number of piperidine rings is 1. The minimum absolute atomic E-state index is 0.0552. The predicted molar refractivity (Wildman–Crippen MR) is 134 cm³/mol. The Bertz CT molecular complexity index is 1180. The van der Waals surface area contributed by atoms with E-state index < -0.39 is 0 Å². The molecule has 1 aliphatic heterocycles. The highest BCUT2D eigenvalue weighted by molar-refractivity contribution is 5.59. The minimum atomic E-state index is -0.0552.